The van der Waals surface area contributed by atoms with Crippen molar-refractivity contribution in [3.05, 3.63) is 94.2 Å². The quantitative estimate of drug-likeness (QED) is 0.241. The third-order valence-corrected chi connectivity index (χ3v) is 8.16. The van der Waals surface area contributed by atoms with E-state index in [0.717, 1.165) is 5.56 Å². The van der Waals surface area contributed by atoms with Gasteiger partial charge in [0, 0.05) is 5.39 Å². The van der Waals surface area contributed by atoms with Gasteiger partial charge >= 0.3 is 5.97 Å². The molecule has 0 aliphatic carbocycles. The maximum absolute atomic E-state index is 14.0. The molecule has 0 aliphatic heterocycles. The SMILES string of the molecule is CCOC(=O)c1c(C)oc2ccc(N(C(=O)c3ccccc3Cl)S(=O)(=O)c3ccc(C(C)(C)C)cc3)cc12. The first-order valence-electron chi connectivity index (χ1n) is 12.0. The van der Waals surface area contributed by atoms with E-state index in [4.69, 9.17) is 20.8 Å². The van der Waals surface area contributed by atoms with Crippen LogP contribution in [0.3, 0.4) is 0 Å². The predicted octanol–water partition coefficient (Wildman–Crippen LogP) is 6.90. The van der Waals surface area contributed by atoms with Crippen molar-refractivity contribution in [3.8, 4) is 0 Å². The van der Waals surface area contributed by atoms with Crippen molar-refractivity contribution in [1.29, 1.82) is 0 Å². The molecule has 0 aliphatic rings. The van der Waals surface area contributed by atoms with Crippen molar-refractivity contribution in [2.75, 3.05) is 10.9 Å². The number of anilines is 1. The number of furan rings is 1. The fraction of sp³-hybridized carbons (Fsp3) is 0.241. The summed E-state index contributed by atoms with van der Waals surface area (Å²) in [7, 11) is -4.41. The number of hydrogen-bond donors (Lipinski definition) is 0. The molecule has 4 rings (SSSR count). The van der Waals surface area contributed by atoms with E-state index in [0.29, 0.717) is 21.0 Å². The van der Waals surface area contributed by atoms with Crippen molar-refractivity contribution in [3.63, 3.8) is 0 Å². The van der Waals surface area contributed by atoms with E-state index in [9.17, 15) is 18.0 Å². The third kappa shape index (κ3) is 5.06. The molecule has 198 valence electrons. The van der Waals surface area contributed by atoms with E-state index in [1.165, 1.54) is 42.5 Å². The van der Waals surface area contributed by atoms with Gasteiger partial charge in [0.05, 0.1) is 27.8 Å². The van der Waals surface area contributed by atoms with Crippen LogP contribution in [0.25, 0.3) is 11.0 Å². The van der Waals surface area contributed by atoms with E-state index in [2.05, 4.69) is 0 Å². The van der Waals surface area contributed by atoms with E-state index >= 15 is 0 Å². The highest BCUT2D eigenvalue weighted by atomic mass is 35.5. The number of benzene rings is 3. The summed E-state index contributed by atoms with van der Waals surface area (Å²) in [6.07, 6.45) is 0. The molecule has 0 saturated heterocycles. The lowest BCUT2D eigenvalue weighted by Gasteiger charge is -2.24. The molecule has 9 heteroatoms. The molecule has 0 saturated carbocycles. The summed E-state index contributed by atoms with van der Waals surface area (Å²) < 4.78 is 39.6. The second-order valence-corrected chi connectivity index (χ2v) is 12.0. The average molecular weight is 554 g/mol. The Balaban J connectivity index is 1.93. The molecule has 0 N–H and O–H groups in total. The Morgan fingerprint density at radius 2 is 1.66 bits per heavy atom. The van der Waals surface area contributed by atoms with Crippen molar-refractivity contribution in [2.45, 2.75) is 44.9 Å². The van der Waals surface area contributed by atoms with Crippen LogP contribution in [0, 0.1) is 6.92 Å². The van der Waals surface area contributed by atoms with Crippen molar-refractivity contribution in [2.24, 2.45) is 0 Å². The van der Waals surface area contributed by atoms with Crippen molar-refractivity contribution < 1.29 is 27.2 Å². The minimum absolute atomic E-state index is 0.0122. The standard InChI is InChI=1S/C29H28ClNO6S/c1-6-36-28(33)26-18(2)37-25-16-13-20(17-23(25)26)31(27(32)22-9-7-8-10-24(22)30)38(34,35)21-14-11-19(12-15-21)29(3,4)5/h7-17H,6H2,1-5H3. The highest BCUT2D eigenvalue weighted by Crippen LogP contribution is 2.34. The number of fused-ring (bicyclic) bond motifs is 1. The van der Waals surface area contributed by atoms with Crippen molar-refractivity contribution in [1.82, 2.24) is 0 Å². The van der Waals surface area contributed by atoms with Gasteiger partial charge in [0.25, 0.3) is 15.9 Å². The molecule has 0 atom stereocenters. The molecule has 0 unspecified atom stereocenters. The molecule has 38 heavy (non-hydrogen) atoms. The molecule has 0 spiro atoms. The van der Waals surface area contributed by atoms with Crippen LogP contribution in [0.4, 0.5) is 5.69 Å². The molecule has 1 aromatic heterocycles. The lowest BCUT2D eigenvalue weighted by Crippen LogP contribution is -2.37. The normalized spacial score (nSPS) is 11.9. The first-order valence-corrected chi connectivity index (χ1v) is 13.8. The number of amides is 1. The minimum atomic E-state index is -4.41. The minimum Gasteiger partial charge on any atom is -0.462 e. The summed E-state index contributed by atoms with van der Waals surface area (Å²) >= 11 is 6.30. The topological polar surface area (TPSA) is 93.9 Å². The number of hydrogen-bond acceptors (Lipinski definition) is 6. The lowest BCUT2D eigenvalue weighted by atomic mass is 9.87. The fourth-order valence-electron chi connectivity index (χ4n) is 4.13. The Hall–Kier alpha value is -3.62. The second-order valence-electron chi connectivity index (χ2n) is 9.76. The second kappa shape index (κ2) is 10.3. The Labute approximate surface area is 227 Å². The number of esters is 1. The first-order chi connectivity index (χ1) is 17.9. The van der Waals surface area contributed by atoms with Gasteiger partial charge in [0.1, 0.15) is 16.9 Å². The summed E-state index contributed by atoms with van der Waals surface area (Å²) in [6, 6.07) is 17.0. The Kier molecular flexibility index (Phi) is 7.41. The van der Waals surface area contributed by atoms with Gasteiger partial charge in [-0.3, -0.25) is 4.79 Å². The fourth-order valence-corrected chi connectivity index (χ4v) is 5.75. The molecule has 0 bridgehead atoms. The summed E-state index contributed by atoms with van der Waals surface area (Å²) in [4.78, 5) is 26.4. The highest BCUT2D eigenvalue weighted by molar-refractivity contribution is 7.93. The molecule has 7 nitrogen and oxygen atoms in total. The van der Waals surface area contributed by atoms with Gasteiger partial charge in [-0.05, 0) is 67.3 Å². The Morgan fingerprint density at radius 1 is 1.00 bits per heavy atom. The summed E-state index contributed by atoms with van der Waals surface area (Å²) in [5.74, 6) is -1.13. The number of carbonyl (C=O) groups excluding carboxylic acids is 2. The van der Waals surface area contributed by atoms with Crippen LogP contribution in [0.15, 0.2) is 76.0 Å². The van der Waals surface area contributed by atoms with Gasteiger partial charge in [0.2, 0.25) is 0 Å². The van der Waals surface area contributed by atoms with E-state index in [1.54, 1.807) is 38.1 Å². The zero-order valence-corrected chi connectivity index (χ0v) is 23.3. The van der Waals surface area contributed by atoms with E-state index < -0.39 is 21.9 Å². The smallest absolute Gasteiger partial charge is 0.342 e. The maximum Gasteiger partial charge on any atom is 0.342 e. The number of carbonyl (C=O) groups is 2. The average Bonchev–Trinajstić information content (AvgIpc) is 3.19. The number of halogens is 1. The summed E-state index contributed by atoms with van der Waals surface area (Å²) in [5.41, 5.74) is 1.30. The zero-order valence-electron chi connectivity index (χ0n) is 21.7. The van der Waals surface area contributed by atoms with Gasteiger partial charge in [0.15, 0.2) is 0 Å². The molecular weight excluding hydrogens is 526 g/mol. The van der Waals surface area contributed by atoms with Crippen LogP contribution >= 0.6 is 11.6 Å². The third-order valence-electron chi connectivity index (χ3n) is 6.11. The van der Waals surface area contributed by atoms with Crippen molar-refractivity contribution >= 4 is 50.2 Å². The van der Waals surface area contributed by atoms with Crippen LogP contribution in [0.1, 0.15) is 59.7 Å². The van der Waals surface area contributed by atoms with Gasteiger partial charge in [-0.2, -0.15) is 4.31 Å². The molecule has 4 aromatic rings. The highest BCUT2D eigenvalue weighted by Gasteiger charge is 2.34. The molecule has 1 heterocycles. The van der Waals surface area contributed by atoms with E-state index in [-0.39, 0.29) is 38.8 Å². The molecule has 3 aromatic carbocycles. The van der Waals surface area contributed by atoms with Gasteiger partial charge in [-0.15, -0.1) is 0 Å². The first kappa shape index (κ1) is 27.4. The van der Waals surface area contributed by atoms with Crippen LogP contribution in [-0.4, -0.2) is 26.9 Å². The Bertz CT molecular complexity index is 1630. The van der Waals surface area contributed by atoms with Crippen LogP contribution in [-0.2, 0) is 20.2 Å². The largest absolute Gasteiger partial charge is 0.462 e. The number of aryl methyl sites for hydroxylation is 1. The predicted molar refractivity (Wildman–Crippen MR) is 147 cm³/mol. The summed E-state index contributed by atoms with van der Waals surface area (Å²) in [5, 5.41) is 0.432. The van der Waals surface area contributed by atoms with Gasteiger partial charge in [-0.1, -0.05) is 56.6 Å². The Morgan fingerprint density at radius 3 is 2.26 bits per heavy atom. The number of sulfonamides is 1. The van der Waals surface area contributed by atoms with E-state index in [1.807, 2.05) is 20.8 Å². The van der Waals surface area contributed by atoms with Gasteiger partial charge in [-0.25, -0.2) is 13.2 Å². The lowest BCUT2D eigenvalue weighted by molar-refractivity contribution is 0.0526. The number of ether oxygens (including phenoxy) is 1. The van der Waals surface area contributed by atoms with Gasteiger partial charge < -0.3 is 9.15 Å². The summed E-state index contributed by atoms with van der Waals surface area (Å²) in [6.45, 7) is 9.52. The van der Waals surface area contributed by atoms with Crippen LogP contribution in [0.2, 0.25) is 5.02 Å². The van der Waals surface area contributed by atoms with Crippen LogP contribution in [0.5, 0.6) is 0 Å². The number of rotatable bonds is 6. The number of nitrogens with zero attached hydrogens (tertiary/aromatic N) is 1. The monoisotopic (exact) mass is 553 g/mol. The molecular formula is C29H28ClNO6S. The molecule has 0 radical (unpaired) electrons. The maximum atomic E-state index is 14.0. The molecule has 1 amide bonds. The molecule has 0 fully saturated rings. The van der Waals surface area contributed by atoms with Crippen LogP contribution < -0.4 is 4.31 Å². The zero-order chi connectivity index (χ0) is 27.8.